The van der Waals surface area contributed by atoms with Crippen molar-refractivity contribution < 1.29 is 0 Å². The fourth-order valence-electron chi connectivity index (χ4n) is 2.09. The van der Waals surface area contributed by atoms with E-state index in [2.05, 4.69) is 38.2 Å². The first-order valence-electron chi connectivity index (χ1n) is 4.48. The molecule has 1 heterocycles. The Morgan fingerprint density at radius 3 is 2.18 bits per heavy atom. The van der Waals surface area contributed by atoms with Crippen LogP contribution in [0.15, 0.2) is 0 Å². The zero-order valence-electron chi connectivity index (χ0n) is 8.15. The van der Waals surface area contributed by atoms with Crippen molar-refractivity contribution in [3.05, 3.63) is 0 Å². The van der Waals surface area contributed by atoms with E-state index in [1.807, 2.05) is 0 Å². The maximum atomic E-state index is 3.43. The van der Waals surface area contributed by atoms with Gasteiger partial charge in [0, 0.05) is 12.1 Å². The Bertz CT molecular complexity index is 114. The van der Waals surface area contributed by atoms with E-state index in [1.165, 1.54) is 13.0 Å². The predicted octanol–water partition coefficient (Wildman–Crippen LogP) is 0.936. The molecule has 0 unspecified atom stereocenters. The van der Waals surface area contributed by atoms with Crippen molar-refractivity contribution in [3.63, 3.8) is 0 Å². The van der Waals surface area contributed by atoms with Gasteiger partial charge in [0.25, 0.3) is 0 Å². The smallest absolute Gasteiger partial charge is 0.0362 e. The van der Waals surface area contributed by atoms with Crippen molar-refractivity contribution in [1.82, 2.24) is 10.2 Å². The van der Waals surface area contributed by atoms with Crippen LogP contribution < -0.4 is 5.32 Å². The Labute approximate surface area is 70.0 Å². The molecule has 0 saturated carbocycles. The monoisotopic (exact) mass is 156 g/mol. The second-order valence-electron chi connectivity index (χ2n) is 4.08. The average molecular weight is 156 g/mol. The summed E-state index contributed by atoms with van der Waals surface area (Å²) < 4.78 is 0. The molecule has 0 aromatic rings. The lowest BCUT2D eigenvalue weighted by Gasteiger charge is -2.39. The van der Waals surface area contributed by atoms with Gasteiger partial charge in [-0.1, -0.05) is 13.8 Å². The maximum absolute atomic E-state index is 3.43. The first-order chi connectivity index (χ1) is 5.09. The summed E-state index contributed by atoms with van der Waals surface area (Å²) in [5.41, 5.74) is 0.417. The Morgan fingerprint density at radius 2 is 2.00 bits per heavy atom. The van der Waals surface area contributed by atoms with Crippen LogP contribution in [0.3, 0.4) is 0 Å². The molecular weight excluding hydrogens is 136 g/mol. The molecule has 0 spiro atoms. The predicted molar refractivity (Wildman–Crippen MR) is 48.7 cm³/mol. The van der Waals surface area contributed by atoms with E-state index < -0.39 is 0 Å². The van der Waals surface area contributed by atoms with Crippen LogP contribution in [-0.4, -0.2) is 37.6 Å². The topological polar surface area (TPSA) is 15.3 Å². The van der Waals surface area contributed by atoms with Crippen molar-refractivity contribution in [2.75, 3.05) is 27.2 Å². The van der Waals surface area contributed by atoms with Gasteiger partial charge in [-0.3, -0.25) is 0 Å². The van der Waals surface area contributed by atoms with Gasteiger partial charge in [-0.15, -0.1) is 0 Å². The highest BCUT2D eigenvalue weighted by Gasteiger charge is 2.38. The van der Waals surface area contributed by atoms with Crippen molar-refractivity contribution in [3.8, 4) is 0 Å². The highest BCUT2D eigenvalue weighted by Crippen LogP contribution is 2.28. The van der Waals surface area contributed by atoms with Gasteiger partial charge in [-0.25, -0.2) is 0 Å². The molecule has 0 aromatic heterocycles. The maximum Gasteiger partial charge on any atom is 0.0362 e. The SMILES string of the molecule is CC(C)[C@@]1(N(C)C)CCNC1. The number of likely N-dealkylation sites (N-methyl/N-ethyl adjacent to an activating group) is 1. The molecule has 0 bridgehead atoms. The van der Waals surface area contributed by atoms with Gasteiger partial charge < -0.3 is 10.2 Å². The molecule has 1 rings (SSSR count). The highest BCUT2D eigenvalue weighted by molar-refractivity contribution is 4.97. The number of nitrogens with one attached hydrogen (secondary N) is 1. The van der Waals surface area contributed by atoms with Crippen molar-refractivity contribution >= 4 is 0 Å². The standard InChI is InChI=1S/C9H20N2/c1-8(2)9(11(3)4)5-6-10-7-9/h8,10H,5-7H2,1-4H3/t9-/m1/s1. The third-order valence-corrected chi connectivity index (χ3v) is 3.13. The molecule has 1 N–H and O–H groups in total. The zero-order chi connectivity index (χ0) is 8.48. The summed E-state index contributed by atoms with van der Waals surface area (Å²) in [5.74, 6) is 0.743. The van der Waals surface area contributed by atoms with E-state index in [9.17, 15) is 0 Å². The molecule has 0 aliphatic carbocycles. The largest absolute Gasteiger partial charge is 0.315 e. The third-order valence-electron chi connectivity index (χ3n) is 3.13. The van der Waals surface area contributed by atoms with Gasteiger partial charge in [0.05, 0.1) is 0 Å². The summed E-state index contributed by atoms with van der Waals surface area (Å²) in [6.45, 7) is 6.95. The van der Waals surface area contributed by atoms with Crippen LogP contribution in [0.1, 0.15) is 20.3 Å². The second-order valence-corrected chi connectivity index (χ2v) is 4.08. The van der Waals surface area contributed by atoms with E-state index in [0.717, 1.165) is 12.5 Å². The van der Waals surface area contributed by atoms with Crippen molar-refractivity contribution in [2.24, 2.45) is 5.92 Å². The fourth-order valence-corrected chi connectivity index (χ4v) is 2.09. The minimum absolute atomic E-state index is 0.417. The summed E-state index contributed by atoms with van der Waals surface area (Å²) >= 11 is 0. The van der Waals surface area contributed by atoms with Gasteiger partial charge in [0.1, 0.15) is 0 Å². The summed E-state index contributed by atoms with van der Waals surface area (Å²) in [6.07, 6.45) is 1.29. The molecule has 1 aliphatic rings. The van der Waals surface area contributed by atoms with Gasteiger partial charge in [-0.05, 0) is 33.0 Å². The minimum Gasteiger partial charge on any atom is -0.315 e. The molecule has 11 heavy (non-hydrogen) atoms. The number of rotatable bonds is 2. The van der Waals surface area contributed by atoms with Gasteiger partial charge in [0.2, 0.25) is 0 Å². The Morgan fingerprint density at radius 1 is 1.36 bits per heavy atom. The highest BCUT2D eigenvalue weighted by atomic mass is 15.2. The number of hydrogen-bond acceptors (Lipinski definition) is 2. The van der Waals surface area contributed by atoms with E-state index in [1.54, 1.807) is 0 Å². The molecule has 2 heteroatoms. The summed E-state index contributed by atoms with van der Waals surface area (Å²) in [5, 5.41) is 3.43. The van der Waals surface area contributed by atoms with Crippen LogP contribution in [0.25, 0.3) is 0 Å². The van der Waals surface area contributed by atoms with Gasteiger partial charge in [0.15, 0.2) is 0 Å². The normalized spacial score (nSPS) is 32.2. The fraction of sp³-hybridized carbons (Fsp3) is 1.00. The van der Waals surface area contributed by atoms with E-state index in [0.29, 0.717) is 5.54 Å². The van der Waals surface area contributed by atoms with Gasteiger partial charge >= 0.3 is 0 Å². The Hall–Kier alpha value is -0.0800. The quantitative estimate of drug-likeness (QED) is 0.640. The van der Waals surface area contributed by atoms with Gasteiger partial charge in [-0.2, -0.15) is 0 Å². The summed E-state index contributed by atoms with van der Waals surface area (Å²) in [6, 6.07) is 0. The first-order valence-corrected chi connectivity index (χ1v) is 4.48. The molecule has 1 saturated heterocycles. The van der Waals surface area contributed by atoms with E-state index >= 15 is 0 Å². The lowest BCUT2D eigenvalue weighted by molar-refractivity contribution is 0.116. The van der Waals surface area contributed by atoms with Crippen molar-refractivity contribution in [2.45, 2.75) is 25.8 Å². The lowest BCUT2D eigenvalue weighted by atomic mass is 9.84. The summed E-state index contributed by atoms with van der Waals surface area (Å²) in [7, 11) is 4.38. The molecule has 1 aliphatic heterocycles. The number of hydrogen-bond donors (Lipinski definition) is 1. The van der Waals surface area contributed by atoms with Crippen molar-refractivity contribution in [1.29, 1.82) is 0 Å². The van der Waals surface area contributed by atoms with Crippen LogP contribution in [0.4, 0.5) is 0 Å². The molecule has 1 atom stereocenters. The lowest BCUT2D eigenvalue weighted by Crippen LogP contribution is -2.50. The van der Waals surface area contributed by atoms with Crippen LogP contribution >= 0.6 is 0 Å². The first kappa shape index (κ1) is 9.01. The van der Waals surface area contributed by atoms with E-state index in [4.69, 9.17) is 0 Å². The average Bonchev–Trinajstić information content (AvgIpc) is 2.34. The van der Waals surface area contributed by atoms with Crippen LogP contribution in [0.2, 0.25) is 0 Å². The van der Waals surface area contributed by atoms with Crippen LogP contribution in [0, 0.1) is 5.92 Å². The minimum atomic E-state index is 0.417. The zero-order valence-corrected chi connectivity index (χ0v) is 8.15. The number of nitrogens with zero attached hydrogens (tertiary/aromatic N) is 1. The van der Waals surface area contributed by atoms with E-state index in [-0.39, 0.29) is 0 Å². The molecular formula is C9H20N2. The van der Waals surface area contributed by atoms with Crippen LogP contribution in [0.5, 0.6) is 0 Å². The summed E-state index contributed by atoms with van der Waals surface area (Å²) in [4.78, 5) is 2.37. The second kappa shape index (κ2) is 3.11. The Kier molecular flexibility index (Phi) is 2.55. The Balaban J connectivity index is 2.70. The molecule has 1 fully saturated rings. The molecule has 0 aromatic carbocycles. The molecule has 66 valence electrons. The molecule has 0 amide bonds. The van der Waals surface area contributed by atoms with Crippen LogP contribution in [-0.2, 0) is 0 Å². The third kappa shape index (κ3) is 1.42. The molecule has 2 nitrogen and oxygen atoms in total. The molecule has 0 radical (unpaired) electrons.